The molecular formula is C14H18ClN3. The van der Waals surface area contributed by atoms with E-state index in [4.69, 9.17) is 17.3 Å². The van der Waals surface area contributed by atoms with Gasteiger partial charge in [0, 0.05) is 30.4 Å². The van der Waals surface area contributed by atoms with Crippen LogP contribution in [0.4, 0.5) is 0 Å². The van der Waals surface area contributed by atoms with Crippen molar-refractivity contribution in [3.63, 3.8) is 0 Å². The molecule has 2 N–H and O–H groups in total. The first kappa shape index (κ1) is 13.1. The summed E-state index contributed by atoms with van der Waals surface area (Å²) in [6.07, 6.45) is 5.88. The largest absolute Gasteiger partial charge is 0.328 e. The van der Waals surface area contributed by atoms with Gasteiger partial charge >= 0.3 is 0 Å². The van der Waals surface area contributed by atoms with E-state index < -0.39 is 0 Å². The molecule has 0 bridgehead atoms. The molecule has 2 rings (SSSR count). The number of rotatable bonds is 5. The molecule has 1 aromatic heterocycles. The van der Waals surface area contributed by atoms with E-state index in [9.17, 15) is 0 Å². The number of aromatic nitrogens is 2. The smallest absolute Gasteiger partial charge is 0.109 e. The Kier molecular flexibility index (Phi) is 4.39. The summed E-state index contributed by atoms with van der Waals surface area (Å²) in [4.78, 5) is 4.40. The Balaban J connectivity index is 2.32. The minimum Gasteiger partial charge on any atom is -0.328 e. The molecule has 4 heteroatoms. The molecule has 0 aliphatic carbocycles. The number of nitrogens with zero attached hydrogens (tertiary/aromatic N) is 2. The van der Waals surface area contributed by atoms with Gasteiger partial charge in [-0.25, -0.2) is 4.98 Å². The number of hydrogen-bond donors (Lipinski definition) is 1. The van der Waals surface area contributed by atoms with Crippen molar-refractivity contribution in [3.8, 4) is 0 Å². The van der Waals surface area contributed by atoms with Crippen LogP contribution in [0.2, 0.25) is 5.02 Å². The number of nitrogens with two attached hydrogens (primary N) is 1. The Morgan fingerprint density at radius 2 is 2.06 bits per heavy atom. The van der Waals surface area contributed by atoms with E-state index in [1.165, 1.54) is 0 Å². The van der Waals surface area contributed by atoms with Crippen LogP contribution in [0.1, 0.15) is 30.8 Å². The van der Waals surface area contributed by atoms with Gasteiger partial charge in [0.05, 0.1) is 6.04 Å². The summed E-state index contributed by atoms with van der Waals surface area (Å²) in [6, 6.07) is 7.98. The topological polar surface area (TPSA) is 43.8 Å². The van der Waals surface area contributed by atoms with E-state index in [1.54, 1.807) is 0 Å². The number of halogens is 1. The van der Waals surface area contributed by atoms with Gasteiger partial charge in [0.15, 0.2) is 0 Å². The minimum absolute atomic E-state index is 0.131. The molecular weight excluding hydrogens is 246 g/mol. The van der Waals surface area contributed by atoms with E-state index in [2.05, 4.69) is 16.5 Å². The predicted octanol–water partition coefficient (Wildman–Crippen LogP) is 3.04. The molecule has 0 spiro atoms. The van der Waals surface area contributed by atoms with Crippen LogP contribution < -0.4 is 5.73 Å². The lowest BCUT2D eigenvalue weighted by Crippen LogP contribution is -2.21. The highest BCUT2D eigenvalue weighted by Gasteiger charge is 2.14. The third kappa shape index (κ3) is 2.74. The zero-order chi connectivity index (χ0) is 13.0. The average Bonchev–Trinajstić information content (AvgIpc) is 2.82. The maximum Gasteiger partial charge on any atom is 0.109 e. The summed E-state index contributed by atoms with van der Waals surface area (Å²) in [6.45, 7) is 2.70. The van der Waals surface area contributed by atoms with Gasteiger partial charge in [-0.15, -0.1) is 0 Å². The monoisotopic (exact) mass is 263 g/mol. The lowest BCUT2D eigenvalue weighted by molar-refractivity contribution is 0.562. The van der Waals surface area contributed by atoms with Gasteiger partial charge in [-0.05, 0) is 24.1 Å². The maximum atomic E-state index is 5.92. The summed E-state index contributed by atoms with van der Waals surface area (Å²) in [5.74, 6) is 1.09. The lowest BCUT2D eigenvalue weighted by atomic mass is 10.1. The second-order valence-corrected chi connectivity index (χ2v) is 4.74. The Hall–Kier alpha value is -1.32. The molecule has 1 aromatic carbocycles. The molecule has 3 nitrogen and oxygen atoms in total. The Morgan fingerprint density at radius 3 is 2.67 bits per heavy atom. The average molecular weight is 264 g/mol. The molecule has 0 saturated carbocycles. The fourth-order valence-electron chi connectivity index (χ4n) is 2.14. The van der Waals surface area contributed by atoms with Gasteiger partial charge in [0.2, 0.25) is 0 Å². The summed E-state index contributed by atoms with van der Waals surface area (Å²) in [5.41, 5.74) is 7.08. The third-order valence-electron chi connectivity index (χ3n) is 3.04. The zero-order valence-corrected chi connectivity index (χ0v) is 11.3. The van der Waals surface area contributed by atoms with Crippen LogP contribution in [0.15, 0.2) is 36.7 Å². The molecule has 0 fully saturated rings. The predicted molar refractivity (Wildman–Crippen MR) is 74.9 cm³/mol. The van der Waals surface area contributed by atoms with Gasteiger partial charge in [0.1, 0.15) is 5.82 Å². The van der Waals surface area contributed by atoms with E-state index in [-0.39, 0.29) is 6.04 Å². The highest BCUT2D eigenvalue weighted by molar-refractivity contribution is 6.30. The lowest BCUT2D eigenvalue weighted by Gasteiger charge is -2.19. The van der Waals surface area contributed by atoms with Crippen LogP contribution in [0.25, 0.3) is 0 Å². The van der Waals surface area contributed by atoms with Crippen molar-refractivity contribution in [2.24, 2.45) is 5.73 Å². The number of benzene rings is 1. The summed E-state index contributed by atoms with van der Waals surface area (Å²) < 4.78 is 2.16. The van der Waals surface area contributed by atoms with Gasteiger partial charge < -0.3 is 10.3 Å². The molecule has 2 aromatic rings. The Bertz CT molecular complexity index is 490. The van der Waals surface area contributed by atoms with Gasteiger partial charge in [-0.1, -0.05) is 30.7 Å². The number of imidazole rings is 1. The van der Waals surface area contributed by atoms with Crippen molar-refractivity contribution in [1.29, 1.82) is 0 Å². The SMILES string of the molecule is CCCc1nccn1C(CN)c1ccc(Cl)cc1. The molecule has 0 aliphatic heterocycles. The highest BCUT2D eigenvalue weighted by Crippen LogP contribution is 2.21. The number of aryl methyl sites for hydroxylation is 1. The molecule has 18 heavy (non-hydrogen) atoms. The van der Waals surface area contributed by atoms with Gasteiger partial charge in [-0.2, -0.15) is 0 Å². The van der Waals surface area contributed by atoms with Crippen LogP contribution in [0.5, 0.6) is 0 Å². The standard InChI is InChI=1S/C14H18ClN3/c1-2-3-14-17-8-9-18(14)13(10-16)11-4-6-12(15)7-5-11/h4-9,13H,2-3,10,16H2,1H3. The van der Waals surface area contributed by atoms with Crippen molar-refractivity contribution >= 4 is 11.6 Å². The molecule has 1 unspecified atom stereocenters. The van der Waals surface area contributed by atoms with Crippen LogP contribution in [-0.2, 0) is 6.42 Å². The van der Waals surface area contributed by atoms with E-state index >= 15 is 0 Å². The Morgan fingerprint density at radius 1 is 1.33 bits per heavy atom. The first-order valence-corrected chi connectivity index (χ1v) is 6.61. The van der Waals surface area contributed by atoms with E-state index in [0.717, 1.165) is 29.3 Å². The Labute approximate surface area is 113 Å². The van der Waals surface area contributed by atoms with Crippen LogP contribution >= 0.6 is 11.6 Å². The van der Waals surface area contributed by atoms with Gasteiger partial charge in [0.25, 0.3) is 0 Å². The van der Waals surface area contributed by atoms with E-state index in [0.29, 0.717) is 6.54 Å². The molecule has 0 amide bonds. The second kappa shape index (κ2) is 6.03. The fourth-order valence-corrected chi connectivity index (χ4v) is 2.27. The molecule has 1 heterocycles. The summed E-state index contributed by atoms with van der Waals surface area (Å²) in [7, 11) is 0. The van der Waals surface area contributed by atoms with Crippen LogP contribution in [0.3, 0.4) is 0 Å². The van der Waals surface area contributed by atoms with Crippen molar-refractivity contribution < 1.29 is 0 Å². The third-order valence-corrected chi connectivity index (χ3v) is 3.29. The van der Waals surface area contributed by atoms with Crippen molar-refractivity contribution in [2.75, 3.05) is 6.54 Å². The molecule has 96 valence electrons. The van der Waals surface area contributed by atoms with Crippen molar-refractivity contribution in [1.82, 2.24) is 9.55 Å². The second-order valence-electron chi connectivity index (χ2n) is 4.30. The van der Waals surface area contributed by atoms with Gasteiger partial charge in [-0.3, -0.25) is 0 Å². The summed E-state index contributed by atoms with van der Waals surface area (Å²) in [5, 5.41) is 0.744. The number of hydrogen-bond acceptors (Lipinski definition) is 2. The van der Waals surface area contributed by atoms with Crippen molar-refractivity contribution in [2.45, 2.75) is 25.8 Å². The zero-order valence-electron chi connectivity index (χ0n) is 10.5. The van der Waals surface area contributed by atoms with E-state index in [1.807, 2.05) is 36.7 Å². The molecule has 0 radical (unpaired) electrons. The fraction of sp³-hybridized carbons (Fsp3) is 0.357. The molecule has 0 aliphatic rings. The van der Waals surface area contributed by atoms with Crippen molar-refractivity contribution in [3.05, 3.63) is 53.1 Å². The maximum absolute atomic E-state index is 5.92. The minimum atomic E-state index is 0.131. The first-order chi connectivity index (χ1) is 8.76. The quantitative estimate of drug-likeness (QED) is 0.901. The summed E-state index contributed by atoms with van der Waals surface area (Å²) >= 11 is 5.92. The highest BCUT2D eigenvalue weighted by atomic mass is 35.5. The van der Waals surface area contributed by atoms with Crippen LogP contribution in [-0.4, -0.2) is 16.1 Å². The molecule has 0 saturated heterocycles. The first-order valence-electron chi connectivity index (χ1n) is 6.23. The van der Waals surface area contributed by atoms with Crippen LogP contribution in [0, 0.1) is 0 Å². The molecule has 1 atom stereocenters. The normalized spacial score (nSPS) is 12.6.